The van der Waals surface area contributed by atoms with E-state index in [2.05, 4.69) is 30.9 Å². The quantitative estimate of drug-likeness (QED) is 0.738. The third-order valence-corrected chi connectivity index (χ3v) is 2.37. The Balaban J connectivity index is 2.70. The second-order valence-corrected chi connectivity index (χ2v) is 3.88. The number of amides is 1. The molecule has 0 fully saturated rings. The molecule has 3 heteroatoms. The van der Waals surface area contributed by atoms with Crippen molar-refractivity contribution in [3.63, 3.8) is 0 Å². The number of hydrogen-bond acceptors (Lipinski definition) is 2. The third-order valence-electron chi connectivity index (χ3n) is 2.15. The Labute approximate surface area is 96.5 Å². The van der Waals surface area contributed by atoms with Crippen LogP contribution in [-0.2, 0) is 11.2 Å². The average Bonchev–Trinajstić information content (AvgIpc) is 2.21. The Morgan fingerprint density at radius 1 is 1.40 bits per heavy atom. The summed E-state index contributed by atoms with van der Waals surface area (Å²) in [5, 5.41) is 2.91. The lowest BCUT2D eigenvalue weighted by atomic mass is 10.1. The number of anilines is 1. The van der Waals surface area contributed by atoms with Crippen molar-refractivity contribution in [2.24, 2.45) is 0 Å². The van der Waals surface area contributed by atoms with E-state index in [9.17, 15) is 4.79 Å². The van der Waals surface area contributed by atoms with Crippen LogP contribution in [0.5, 0.6) is 0 Å². The zero-order valence-electron chi connectivity index (χ0n) is 8.99. The second-order valence-electron chi connectivity index (χ2n) is 3.43. The molecule has 0 unspecified atom stereocenters. The minimum absolute atomic E-state index is 0.0357. The first-order chi connectivity index (χ1) is 7.27. The van der Waals surface area contributed by atoms with Crippen LogP contribution in [0.2, 0.25) is 0 Å². The molecule has 0 spiro atoms. The number of carbonyl (C=O) groups excluding carboxylic acids is 1. The van der Waals surface area contributed by atoms with Crippen molar-refractivity contribution in [3.05, 3.63) is 29.8 Å². The van der Waals surface area contributed by atoms with Gasteiger partial charge in [-0.3, -0.25) is 4.79 Å². The van der Waals surface area contributed by atoms with Gasteiger partial charge < -0.3 is 5.32 Å². The highest BCUT2D eigenvalue weighted by Gasteiger charge is 2.04. The van der Waals surface area contributed by atoms with Gasteiger partial charge in [-0.15, -0.1) is 0 Å². The summed E-state index contributed by atoms with van der Waals surface area (Å²) >= 11 is 4.03. The van der Waals surface area contributed by atoms with Gasteiger partial charge in [-0.1, -0.05) is 31.5 Å². The Kier molecular flexibility index (Phi) is 5.26. The SMILES string of the molecule is CCCc1ccccc1NC(=O)CCS. The third kappa shape index (κ3) is 3.96. The fourth-order valence-electron chi connectivity index (χ4n) is 1.44. The smallest absolute Gasteiger partial charge is 0.225 e. The van der Waals surface area contributed by atoms with Crippen molar-refractivity contribution in [1.82, 2.24) is 0 Å². The Bertz CT molecular complexity index is 325. The van der Waals surface area contributed by atoms with E-state index in [0.717, 1.165) is 18.5 Å². The Morgan fingerprint density at radius 3 is 2.80 bits per heavy atom. The maximum atomic E-state index is 11.4. The predicted molar refractivity (Wildman–Crippen MR) is 67.5 cm³/mol. The lowest BCUT2D eigenvalue weighted by Gasteiger charge is -2.09. The molecule has 1 amide bonds. The van der Waals surface area contributed by atoms with E-state index in [1.807, 2.05) is 18.2 Å². The van der Waals surface area contributed by atoms with E-state index >= 15 is 0 Å². The highest BCUT2D eigenvalue weighted by molar-refractivity contribution is 7.80. The highest BCUT2D eigenvalue weighted by Crippen LogP contribution is 2.16. The molecule has 0 aromatic heterocycles. The summed E-state index contributed by atoms with van der Waals surface area (Å²) < 4.78 is 0. The van der Waals surface area contributed by atoms with Gasteiger partial charge in [0.05, 0.1) is 0 Å². The number of aryl methyl sites for hydroxylation is 1. The van der Waals surface area contributed by atoms with E-state index in [1.165, 1.54) is 5.56 Å². The maximum absolute atomic E-state index is 11.4. The van der Waals surface area contributed by atoms with E-state index in [4.69, 9.17) is 0 Å². The molecule has 0 aliphatic carbocycles. The van der Waals surface area contributed by atoms with Crippen LogP contribution in [0.3, 0.4) is 0 Å². The number of carbonyl (C=O) groups is 1. The Hall–Kier alpha value is -0.960. The molecule has 1 rings (SSSR count). The molecule has 0 atom stereocenters. The first-order valence-electron chi connectivity index (χ1n) is 5.26. The van der Waals surface area contributed by atoms with Crippen LogP contribution in [0.4, 0.5) is 5.69 Å². The molecule has 0 radical (unpaired) electrons. The van der Waals surface area contributed by atoms with Crippen molar-refractivity contribution in [3.8, 4) is 0 Å². The minimum Gasteiger partial charge on any atom is -0.326 e. The van der Waals surface area contributed by atoms with Gasteiger partial charge in [0.25, 0.3) is 0 Å². The molecule has 0 saturated heterocycles. The Morgan fingerprint density at radius 2 is 2.13 bits per heavy atom. The van der Waals surface area contributed by atoms with Crippen molar-refractivity contribution < 1.29 is 4.79 Å². The van der Waals surface area contributed by atoms with Gasteiger partial charge in [0.1, 0.15) is 0 Å². The summed E-state index contributed by atoms with van der Waals surface area (Å²) in [6.45, 7) is 2.13. The summed E-state index contributed by atoms with van der Waals surface area (Å²) in [6.07, 6.45) is 2.54. The fourth-order valence-corrected chi connectivity index (χ4v) is 1.65. The van der Waals surface area contributed by atoms with Gasteiger partial charge in [-0.2, -0.15) is 12.6 Å². The number of para-hydroxylation sites is 1. The number of thiol groups is 1. The molecule has 0 aliphatic rings. The number of hydrogen-bond donors (Lipinski definition) is 2. The second kappa shape index (κ2) is 6.51. The zero-order valence-corrected chi connectivity index (χ0v) is 9.89. The number of nitrogens with one attached hydrogen (secondary N) is 1. The molecule has 2 nitrogen and oxygen atoms in total. The summed E-state index contributed by atoms with van der Waals surface area (Å²) in [7, 11) is 0. The van der Waals surface area contributed by atoms with Crippen LogP contribution in [-0.4, -0.2) is 11.7 Å². The molecule has 1 aromatic rings. The highest BCUT2D eigenvalue weighted by atomic mass is 32.1. The monoisotopic (exact) mass is 223 g/mol. The first kappa shape index (κ1) is 12.1. The van der Waals surface area contributed by atoms with Gasteiger partial charge in [-0.25, -0.2) is 0 Å². The van der Waals surface area contributed by atoms with E-state index < -0.39 is 0 Å². The minimum atomic E-state index is 0.0357. The normalized spacial score (nSPS) is 10.0. The number of rotatable bonds is 5. The van der Waals surface area contributed by atoms with E-state index in [1.54, 1.807) is 0 Å². The van der Waals surface area contributed by atoms with Crippen LogP contribution in [0.1, 0.15) is 25.3 Å². The van der Waals surface area contributed by atoms with Crippen LogP contribution in [0.15, 0.2) is 24.3 Å². The van der Waals surface area contributed by atoms with Gasteiger partial charge in [0.2, 0.25) is 5.91 Å². The molecule has 0 aliphatic heterocycles. The summed E-state index contributed by atoms with van der Waals surface area (Å²) in [6, 6.07) is 7.94. The predicted octanol–water partition coefficient (Wildman–Crippen LogP) is 2.90. The molecule has 1 N–H and O–H groups in total. The fraction of sp³-hybridized carbons (Fsp3) is 0.417. The average molecular weight is 223 g/mol. The maximum Gasteiger partial charge on any atom is 0.225 e. The molecule has 0 bridgehead atoms. The first-order valence-corrected chi connectivity index (χ1v) is 5.89. The summed E-state index contributed by atoms with van der Waals surface area (Å²) in [5.41, 5.74) is 2.14. The van der Waals surface area contributed by atoms with Gasteiger partial charge in [0.15, 0.2) is 0 Å². The van der Waals surface area contributed by atoms with Crippen LogP contribution >= 0.6 is 12.6 Å². The van der Waals surface area contributed by atoms with E-state index in [0.29, 0.717) is 12.2 Å². The zero-order chi connectivity index (χ0) is 11.1. The number of benzene rings is 1. The summed E-state index contributed by atoms with van der Waals surface area (Å²) in [4.78, 5) is 11.4. The standard InChI is InChI=1S/C12H17NOS/c1-2-5-10-6-3-4-7-11(10)13-12(14)8-9-15/h3-4,6-7,15H,2,5,8-9H2,1H3,(H,13,14). The van der Waals surface area contributed by atoms with Crippen molar-refractivity contribution >= 4 is 24.2 Å². The van der Waals surface area contributed by atoms with Crippen LogP contribution < -0.4 is 5.32 Å². The molecule has 1 aromatic carbocycles. The topological polar surface area (TPSA) is 29.1 Å². The van der Waals surface area contributed by atoms with E-state index in [-0.39, 0.29) is 5.91 Å². The molecule has 0 saturated carbocycles. The lowest BCUT2D eigenvalue weighted by Crippen LogP contribution is -2.13. The molecular formula is C12H17NOS. The molecule has 0 heterocycles. The molecule has 82 valence electrons. The molecule has 15 heavy (non-hydrogen) atoms. The summed E-state index contributed by atoms with van der Waals surface area (Å²) in [5.74, 6) is 0.621. The lowest BCUT2D eigenvalue weighted by molar-refractivity contribution is -0.115. The largest absolute Gasteiger partial charge is 0.326 e. The van der Waals surface area contributed by atoms with Crippen LogP contribution in [0.25, 0.3) is 0 Å². The van der Waals surface area contributed by atoms with Crippen molar-refractivity contribution in [2.45, 2.75) is 26.2 Å². The van der Waals surface area contributed by atoms with Crippen molar-refractivity contribution in [1.29, 1.82) is 0 Å². The van der Waals surface area contributed by atoms with Gasteiger partial charge in [0, 0.05) is 12.1 Å². The molecular weight excluding hydrogens is 206 g/mol. The van der Waals surface area contributed by atoms with Gasteiger partial charge >= 0.3 is 0 Å². The van der Waals surface area contributed by atoms with Crippen molar-refractivity contribution in [2.75, 3.05) is 11.1 Å². The van der Waals surface area contributed by atoms with Gasteiger partial charge in [-0.05, 0) is 23.8 Å². The van der Waals surface area contributed by atoms with Crippen LogP contribution in [0, 0.1) is 0 Å².